The van der Waals surface area contributed by atoms with E-state index in [2.05, 4.69) is 30.4 Å². The molecule has 29 heavy (non-hydrogen) atoms. The zero-order valence-electron chi connectivity index (χ0n) is 14.9. The first-order valence-corrected chi connectivity index (χ1v) is 9.27. The van der Waals surface area contributed by atoms with E-state index in [4.69, 9.17) is 16.6 Å². The van der Waals surface area contributed by atoms with E-state index in [1.165, 1.54) is 0 Å². The van der Waals surface area contributed by atoms with E-state index < -0.39 is 5.69 Å². The minimum Gasteiger partial charge on any atom is -0.493 e. The van der Waals surface area contributed by atoms with Gasteiger partial charge in [-0.3, -0.25) is 15.0 Å². The van der Waals surface area contributed by atoms with Gasteiger partial charge < -0.3 is 15.4 Å². The quantitative estimate of drug-likeness (QED) is 0.394. The summed E-state index contributed by atoms with van der Waals surface area (Å²) in [4.78, 5) is 29.5. The van der Waals surface area contributed by atoms with Crippen LogP contribution >= 0.6 is 11.6 Å². The molecular weight excluding hydrogens is 396 g/mol. The van der Waals surface area contributed by atoms with Gasteiger partial charge >= 0.3 is 5.69 Å². The molecule has 146 valence electrons. The Hall–Kier alpha value is -3.66. The summed E-state index contributed by atoms with van der Waals surface area (Å²) in [7, 11) is 0. The van der Waals surface area contributed by atoms with E-state index >= 15 is 0 Å². The number of pyridine rings is 1. The van der Waals surface area contributed by atoms with Crippen LogP contribution in [0.3, 0.4) is 0 Å². The lowest BCUT2D eigenvalue weighted by molar-refractivity contribution is 0.454. The molecular formula is C18H15ClN8O2. The third-order valence-corrected chi connectivity index (χ3v) is 4.71. The summed E-state index contributed by atoms with van der Waals surface area (Å²) in [6.07, 6.45) is 8.45. The molecule has 4 aromatic rings. The van der Waals surface area contributed by atoms with Crippen LogP contribution in [0.15, 0.2) is 40.5 Å². The van der Waals surface area contributed by atoms with E-state index in [1.807, 2.05) is 0 Å². The summed E-state index contributed by atoms with van der Waals surface area (Å²) < 4.78 is 1.63. The number of nitrogens with one attached hydrogen (secondary N) is 3. The molecule has 0 atom stereocenters. The van der Waals surface area contributed by atoms with E-state index in [-0.39, 0.29) is 17.6 Å². The molecule has 0 spiro atoms. The first kappa shape index (κ1) is 17.4. The van der Waals surface area contributed by atoms with Gasteiger partial charge in [0.15, 0.2) is 11.1 Å². The third-order valence-electron chi connectivity index (χ3n) is 4.41. The Morgan fingerprint density at radius 3 is 2.93 bits per heavy atom. The maximum Gasteiger partial charge on any atom is 0.326 e. The average Bonchev–Trinajstić information content (AvgIpc) is 3.33. The largest absolute Gasteiger partial charge is 0.493 e. The third kappa shape index (κ3) is 3.45. The highest BCUT2D eigenvalue weighted by atomic mass is 35.5. The molecule has 0 radical (unpaired) electrons. The predicted octanol–water partition coefficient (Wildman–Crippen LogP) is 0.854. The number of anilines is 2. The first-order valence-electron chi connectivity index (χ1n) is 8.89. The summed E-state index contributed by atoms with van der Waals surface area (Å²) >= 11 is 6.20. The molecule has 0 unspecified atom stereocenters. The van der Waals surface area contributed by atoms with Crippen molar-refractivity contribution in [2.24, 2.45) is 4.99 Å². The summed E-state index contributed by atoms with van der Waals surface area (Å²) in [5.41, 5.74) is 1.56. The van der Waals surface area contributed by atoms with Crippen LogP contribution in [0.2, 0.25) is 5.02 Å². The second-order valence-corrected chi connectivity index (χ2v) is 7.07. The smallest absolute Gasteiger partial charge is 0.326 e. The minimum atomic E-state index is -0.503. The second-order valence-electron chi connectivity index (χ2n) is 6.66. The molecule has 4 N–H and O–H groups in total. The van der Waals surface area contributed by atoms with Crippen molar-refractivity contribution in [3.63, 3.8) is 0 Å². The van der Waals surface area contributed by atoms with E-state index in [9.17, 15) is 9.90 Å². The van der Waals surface area contributed by atoms with E-state index in [1.54, 1.807) is 41.3 Å². The molecule has 4 heterocycles. The van der Waals surface area contributed by atoms with Gasteiger partial charge in [0.25, 0.3) is 0 Å². The van der Waals surface area contributed by atoms with Crippen LogP contribution in [0.1, 0.15) is 18.5 Å². The van der Waals surface area contributed by atoms with Crippen molar-refractivity contribution in [3.8, 4) is 5.88 Å². The summed E-state index contributed by atoms with van der Waals surface area (Å²) in [5.74, 6) is 0.280. The molecule has 10 nitrogen and oxygen atoms in total. The Kier molecular flexibility index (Phi) is 4.06. The SMILES string of the molecule is O=c1[nH]c(O)c(/C=c2/cnn3c(=NC4CC4)cc(Nc4ccncc4Cl)nc23)[nH]1. The minimum absolute atomic E-state index is 0.239. The van der Waals surface area contributed by atoms with Crippen molar-refractivity contribution >= 4 is 34.8 Å². The van der Waals surface area contributed by atoms with Crippen molar-refractivity contribution < 1.29 is 5.11 Å². The summed E-state index contributed by atoms with van der Waals surface area (Å²) in [6, 6.07) is 3.83. The molecule has 0 aromatic carbocycles. The van der Waals surface area contributed by atoms with Gasteiger partial charge in [0.2, 0.25) is 5.88 Å². The van der Waals surface area contributed by atoms with Gasteiger partial charge in [-0.05, 0) is 25.0 Å². The van der Waals surface area contributed by atoms with Crippen LogP contribution in [0.4, 0.5) is 11.5 Å². The van der Waals surface area contributed by atoms with Gasteiger partial charge in [-0.25, -0.2) is 9.78 Å². The highest BCUT2D eigenvalue weighted by Gasteiger charge is 2.20. The van der Waals surface area contributed by atoms with Crippen molar-refractivity contribution in [2.45, 2.75) is 18.9 Å². The van der Waals surface area contributed by atoms with Crippen molar-refractivity contribution in [1.82, 2.24) is 29.5 Å². The fraction of sp³-hybridized carbons (Fsp3) is 0.167. The number of H-pyrrole nitrogens is 2. The van der Waals surface area contributed by atoms with Gasteiger partial charge in [0.1, 0.15) is 11.5 Å². The molecule has 5 rings (SSSR count). The maximum atomic E-state index is 11.4. The summed E-state index contributed by atoms with van der Waals surface area (Å²) in [6.45, 7) is 0. The fourth-order valence-electron chi connectivity index (χ4n) is 2.87. The number of hydrogen-bond donors (Lipinski definition) is 4. The Morgan fingerprint density at radius 2 is 2.21 bits per heavy atom. The molecule has 1 aliphatic carbocycles. The van der Waals surface area contributed by atoms with Crippen LogP contribution in [0.5, 0.6) is 5.88 Å². The van der Waals surface area contributed by atoms with Crippen LogP contribution < -0.4 is 21.7 Å². The van der Waals surface area contributed by atoms with Gasteiger partial charge in [0, 0.05) is 23.7 Å². The number of nitrogens with zero attached hydrogens (tertiary/aromatic N) is 5. The van der Waals surface area contributed by atoms with Crippen LogP contribution in [-0.2, 0) is 0 Å². The lowest BCUT2D eigenvalue weighted by Gasteiger charge is -2.07. The topological polar surface area (TPSA) is 136 Å². The molecule has 11 heteroatoms. The average molecular weight is 411 g/mol. The zero-order chi connectivity index (χ0) is 20.0. The number of aromatic nitrogens is 6. The number of aromatic hydroxyl groups is 1. The predicted molar refractivity (Wildman–Crippen MR) is 106 cm³/mol. The lowest BCUT2D eigenvalue weighted by Crippen LogP contribution is -2.19. The monoisotopic (exact) mass is 410 g/mol. The number of fused-ring (bicyclic) bond motifs is 1. The molecule has 0 aliphatic heterocycles. The number of rotatable bonds is 4. The number of aromatic amines is 2. The zero-order valence-corrected chi connectivity index (χ0v) is 15.7. The fourth-order valence-corrected chi connectivity index (χ4v) is 3.04. The van der Waals surface area contributed by atoms with Crippen molar-refractivity contribution in [1.29, 1.82) is 0 Å². The van der Waals surface area contributed by atoms with Gasteiger partial charge in [-0.1, -0.05) is 11.6 Å². The molecule has 1 fully saturated rings. The Morgan fingerprint density at radius 1 is 1.34 bits per heavy atom. The molecule has 0 saturated heterocycles. The number of hydrogen-bond acceptors (Lipinski definition) is 7. The second kappa shape index (κ2) is 6.74. The molecule has 0 bridgehead atoms. The Bertz CT molecular complexity index is 1400. The first-order chi connectivity index (χ1) is 14.1. The standard InChI is InChI=1S/C18H15ClN8O2/c19-11-8-20-4-3-12(11)23-14-6-15(22-10-1-2-10)27-16(25-14)9(7-21-27)5-13-17(28)26-18(29)24-13/h3-8,10,28H,1-2H2,(H,20,23)(H2,24,26,29)/b9-5-,22-15?. The summed E-state index contributed by atoms with van der Waals surface area (Å²) in [5, 5.41) is 18.5. The van der Waals surface area contributed by atoms with Crippen molar-refractivity contribution in [3.05, 3.63) is 62.6 Å². The molecule has 4 aromatic heterocycles. The van der Waals surface area contributed by atoms with E-state index in [0.717, 1.165) is 12.8 Å². The van der Waals surface area contributed by atoms with Crippen molar-refractivity contribution in [2.75, 3.05) is 5.32 Å². The number of halogens is 1. The van der Waals surface area contributed by atoms with E-state index in [0.29, 0.717) is 32.9 Å². The normalized spacial score (nSPS) is 15.3. The van der Waals surface area contributed by atoms with Crippen LogP contribution in [0.25, 0.3) is 11.7 Å². The van der Waals surface area contributed by atoms with Gasteiger partial charge in [-0.2, -0.15) is 9.61 Å². The molecule has 1 saturated carbocycles. The Balaban J connectivity index is 1.70. The highest BCUT2D eigenvalue weighted by Crippen LogP contribution is 2.24. The van der Waals surface area contributed by atoms with Gasteiger partial charge in [0.05, 0.1) is 22.9 Å². The Labute approximate surface area is 167 Å². The number of imidazole rings is 1. The van der Waals surface area contributed by atoms with Crippen LogP contribution in [0, 0.1) is 0 Å². The molecule has 1 aliphatic rings. The molecule has 0 amide bonds. The maximum absolute atomic E-state index is 11.4. The highest BCUT2D eigenvalue weighted by molar-refractivity contribution is 6.33. The van der Waals surface area contributed by atoms with Crippen LogP contribution in [-0.4, -0.2) is 40.7 Å². The van der Waals surface area contributed by atoms with Gasteiger partial charge in [-0.15, -0.1) is 0 Å². The lowest BCUT2D eigenvalue weighted by atomic mass is 10.3.